The number of hydrogen-bond acceptors (Lipinski definition) is 7. The Morgan fingerprint density at radius 1 is 1.06 bits per heavy atom. The Morgan fingerprint density at radius 2 is 1.84 bits per heavy atom. The number of benzene rings is 2. The standard InChI is InChI=1S/C22H26N4O4S/c1-2-3-7-20-23-21(25-22(24-20)26-10-12-30-13-11-26)15-17-6-4-5-16-14-18(31(27,28)29)8-9-19(16)17/h4-6,8-9,14H,2-3,7,10-13,15H2,1H3,(H,27,28,29). The second-order valence-electron chi connectivity index (χ2n) is 7.62. The smallest absolute Gasteiger partial charge is 0.294 e. The molecular formula is C22H26N4O4S. The van der Waals surface area contributed by atoms with Gasteiger partial charge in [-0.15, -0.1) is 0 Å². The fourth-order valence-corrected chi connectivity index (χ4v) is 4.22. The van der Waals surface area contributed by atoms with Crippen LogP contribution in [0.15, 0.2) is 41.3 Å². The third kappa shape index (κ3) is 5.17. The van der Waals surface area contributed by atoms with Crippen molar-refractivity contribution in [3.63, 3.8) is 0 Å². The summed E-state index contributed by atoms with van der Waals surface area (Å²) in [5.41, 5.74) is 0.986. The molecule has 0 spiro atoms. The maximum Gasteiger partial charge on any atom is 0.294 e. The quantitative estimate of drug-likeness (QED) is 0.557. The van der Waals surface area contributed by atoms with E-state index in [-0.39, 0.29) is 4.90 Å². The highest BCUT2D eigenvalue weighted by Gasteiger charge is 2.17. The summed E-state index contributed by atoms with van der Waals surface area (Å²) in [6, 6.07) is 10.3. The van der Waals surface area contributed by atoms with E-state index in [0.29, 0.717) is 31.4 Å². The summed E-state index contributed by atoms with van der Waals surface area (Å²) < 4.78 is 37.7. The molecule has 8 nitrogen and oxygen atoms in total. The number of hydrogen-bond donors (Lipinski definition) is 1. The van der Waals surface area contributed by atoms with Crippen LogP contribution in [0.25, 0.3) is 10.8 Å². The molecule has 9 heteroatoms. The number of anilines is 1. The van der Waals surface area contributed by atoms with Crippen LogP contribution in [-0.2, 0) is 27.7 Å². The fraction of sp³-hybridized carbons (Fsp3) is 0.409. The molecule has 31 heavy (non-hydrogen) atoms. The van der Waals surface area contributed by atoms with E-state index in [1.54, 1.807) is 6.07 Å². The molecule has 3 aromatic rings. The van der Waals surface area contributed by atoms with Gasteiger partial charge in [0.2, 0.25) is 5.95 Å². The Hall–Kier alpha value is -2.62. The first-order chi connectivity index (χ1) is 14.9. The van der Waals surface area contributed by atoms with Gasteiger partial charge in [-0.05, 0) is 34.9 Å². The van der Waals surface area contributed by atoms with Gasteiger partial charge >= 0.3 is 0 Å². The van der Waals surface area contributed by atoms with E-state index in [2.05, 4.69) is 11.8 Å². The Bertz CT molecular complexity index is 1180. The lowest BCUT2D eigenvalue weighted by Crippen LogP contribution is -2.37. The van der Waals surface area contributed by atoms with Crippen molar-refractivity contribution in [3.05, 3.63) is 53.6 Å². The van der Waals surface area contributed by atoms with Crippen molar-refractivity contribution in [2.45, 2.75) is 37.5 Å². The molecule has 0 radical (unpaired) electrons. The molecule has 1 aliphatic rings. The molecule has 0 atom stereocenters. The highest BCUT2D eigenvalue weighted by atomic mass is 32.2. The number of aromatic nitrogens is 3. The second-order valence-corrected chi connectivity index (χ2v) is 9.04. The van der Waals surface area contributed by atoms with Gasteiger partial charge in [0, 0.05) is 25.9 Å². The van der Waals surface area contributed by atoms with E-state index in [9.17, 15) is 13.0 Å². The minimum Gasteiger partial charge on any atom is -0.378 e. The SMILES string of the molecule is CCCCc1nc(Cc2cccc3cc(S(=O)(=O)O)ccc23)nc(N2CCOCC2)n1. The summed E-state index contributed by atoms with van der Waals surface area (Å²) >= 11 is 0. The zero-order valence-electron chi connectivity index (χ0n) is 17.5. The Balaban J connectivity index is 1.69. The number of fused-ring (bicyclic) bond motifs is 1. The molecule has 1 N–H and O–H groups in total. The van der Waals surface area contributed by atoms with E-state index in [4.69, 9.17) is 19.7 Å². The molecule has 2 heterocycles. The molecule has 0 unspecified atom stereocenters. The Labute approximate surface area is 182 Å². The summed E-state index contributed by atoms with van der Waals surface area (Å²) in [6.07, 6.45) is 3.38. The fourth-order valence-electron chi connectivity index (χ4n) is 3.70. The van der Waals surface area contributed by atoms with E-state index in [1.165, 1.54) is 12.1 Å². The van der Waals surface area contributed by atoms with Gasteiger partial charge in [-0.25, -0.2) is 4.98 Å². The Morgan fingerprint density at radius 3 is 2.58 bits per heavy atom. The van der Waals surface area contributed by atoms with Crippen LogP contribution in [0, 0.1) is 0 Å². The second kappa shape index (κ2) is 9.25. The number of morpholine rings is 1. The minimum atomic E-state index is -4.25. The summed E-state index contributed by atoms with van der Waals surface area (Å²) in [5.74, 6) is 2.17. The van der Waals surface area contributed by atoms with Crippen molar-refractivity contribution < 1.29 is 17.7 Å². The number of rotatable bonds is 7. The van der Waals surface area contributed by atoms with Crippen LogP contribution in [-0.4, -0.2) is 54.2 Å². The highest BCUT2D eigenvalue weighted by molar-refractivity contribution is 7.85. The van der Waals surface area contributed by atoms with Gasteiger partial charge in [-0.1, -0.05) is 37.6 Å². The van der Waals surface area contributed by atoms with E-state index >= 15 is 0 Å². The third-order valence-corrected chi connectivity index (χ3v) is 6.20. The topological polar surface area (TPSA) is 106 Å². The summed E-state index contributed by atoms with van der Waals surface area (Å²) in [4.78, 5) is 16.1. The molecule has 1 aromatic heterocycles. The summed E-state index contributed by atoms with van der Waals surface area (Å²) in [7, 11) is -4.25. The van der Waals surface area contributed by atoms with Gasteiger partial charge in [0.15, 0.2) is 0 Å². The number of aryl methyl sites for hydroxylation is 1. The largest absolute Gasteiger partial charge is 0.378 e. The first-order valence-electron chi connectivity index (χ1n) is 10.5. The van der Waals surface area contributed by atoms with Gasteiger partial charge in [-0.2, -0.15) is 18.4 Å². The molecule has 1 saturated heterocycles. The molecule has 2 aromatic carbocycles. The molecule has 0 amide bonds. The van der Waals surface area contributed by atoms with Gasteiger partial charge in [0.05, 0.1) is 18.1 Å². The van der Waals surface area contributed by atoms with Crippen molar-refractivity contribution in [1.29, 1.82) is 0 Å². The Kier molecular flexibility index (Phi) is 6.45. The van der Waals surface area contributed by atoms with Gasteiger partial charge in [0.25, 0.3) is 10.1 Å². The monoisotopic (exact) mass is 442 g/mol. The van der Waals surface area contributed by atoms with Crippen LogP contribution in [0.3, 0.4) is 0 Å². The first-order valence-corrected chi connectivity index (χ1v) is 11.9. The maximum absolute atomic E-state index is 11.5. The number of nitrogens with zero attached hydrogens (tertiary/aromatic N) is 4. The molecule has 1 fully saturated rings. The number of ether oxygens (including phenoxy) is 1. The van der Waals surface area contributed by atoms with Crippen LogP contribution < -0.4 is 4.90 Å². The van der Waals surface area contributed by atoms with Crippen LogP contribution in [0.2, 0.25) is 0 Å². The molecule has 0 aliphatic carbocycles. The number of unbranched alkanes of at least 4 members (excludes halogenated alkanes) is 1. The molecule has 4 rings (SSSR count). The zero-order valence-corrected chi connectivity index (χ0v) is 18.3. The van der Waals surface area contributed by atoms with E-state index < -0.39 is 10.1 Å². The van der Waals surface area contributed by atoms with Gasteiger partial charge in [0.1, 0.15) is 11.6 Å². The van der Waals surface area contributed by atoms with Crippen molar-refractivity contribution in [2.24, 2.45) is 0 Å². The van der Waals surface area contributed by atoms with Crippen molar-refractivity contribution in [3.8, 4) is 0 Å². The average Bonchev–Trinajstić information content (AvgIpc) is 2.77. The van der Waals surface area contributed by atoms with Crippen LogP contribution in [0.4, 0.5) is 5.95 Å². The van der Waals surface area contributed by atoms with E-state index in [1.807, 2.05) is 18.2 Å². The highest BCUT2D eigenvalue weighted by Crippen LogP contribution is 2.24. The predicted octanol–water partition coefficient (Wildman–Crippen LogP) is 3.04. The third-order valence-electron chi connectivity index (χ3n) is 5.35. The van der Waals surface area contributed by atoms with Crippen LogP contribution >= 0.6 is 0 Å². The summed E-state index contributed by atoms with van der Waals surface area (Å²) in [6.45, 7) is 4.96. The van der Waals surface area contributed by atoms with Crippen molar-refractivity contribution >= 4 is 26.8 Å². The minimum absolute atomic E-state index is 0.117. The predicted molar refractivity (Wildman–Crippen MR) is 118 cm³/mol. The lowest BCUT2D eigenvalue weighted by atomic mass is 10.0. The molecule has 0 bridgehead atoms. The summed E-state index contributed by atoms with van der Waals surface area (Å²) in [5, 5.41) is 1.64. The van der Waals surface area contributed by atoms with Gasteiger partial charge < -0.3 is 9.64 Å². The normalized spacial score (nSPS) is 14.8. The first kappa shape index (κ1) is 21.6. The van der Waals surface area contributed by atoms with Gasteiger partial charge in [-0.3, -0.25) is 4.55 Å². The lowest BCUT2D eigenvalue weighted by molar-refractivity contribution is 0.122. The van der Waals surface area contributed by atoms with Crippen LogP contribution in [0.1, 0.15) is 37.0 Å². The molecule has 164 valence electrons. The average molecular weight is 443 g/mol. The lowest BCUT2D eigenvalue weighted by Gasteiger charge is -2.27. The molecule has 1 aliphatic heterocycles. The van der Waals surface area contributed by atoms with Crippen molar-refractivity contribution in [2.75, 3.05) is 31.2 Å². The van der Waals surface area contributed by atoms with Crippen LogP contribution in [0.5, 0.6) is 0 Å². The van der Waals surface area contributed by atoms with E-state index in [0.717, 1.165) is 54.5 Å². The molecular weight excluding hydrogens is 416 g/mol. The van der Waals surface area contributed by atoms with Crippen molar-refractivity contribution in [1.82, 2.24) is 15.0 Å². The molecule has 0 saturated carbocycles. The maximum atomic E-state index is 11.5. The zero-order chi connectivity index (χ0) is 21.8.